The number of amides is 2. The van der Waals surface area contributed by atoms with E-state index in [4.69, 9.17) is 5.73 Å². The van der Waals surface area contributed by atoms with Crippen molar-refractivity contribution in [3.63, 3.8) is 0 Å². The van der Waals surface area contributed by atoms with Crippen LogP contribution >= 0.6 is 15.9 Å². The van der Waals surface area contributed by atoms with Gasteiger partial charge in [-0.15, -0.1) is 0 Å². The van der Waals surface area contributed by atoms with Gasteiger partial charge in [-0.05, 0) is 46.6 Å². The minimum atomic E-state index is -0.430. The van der Waals surface area contributed by atoms with Crippen LogP contribution in [0.1, 0.15) is 26.3 Å². The van der Waals surface area contributed by atoms with Gasteiger partial charge in [0, 0.05) is 16.4 Å². The van der Waals surface area contributed by atoms with Crippen LogP contribution in [0.5, 0.6) is 0 Å². The van der Waals surface area contributed by atoms with E-state index >= 15 is 0 Å². The third kappa shape index (κ3) is 1.72. The zero-order valence-electron chi connectivity index (χ0n) is 10.6. The number of aromatic nitrogens is 1. The normalized spacial score (nSPS) is 13.8. The Hall–Kier alpha value is -2.21. The highest BCUT2D eigenvalue weighted by atomic mass is 79.9. The Labute approximate surface area is 123 Å². The SMILES string of the molecule is Cc1cc(Br)cnc1N1C(=O)c2cccc(N)c2C1=O. The lowest BCUT2D eigenvalue weighted by atomic mass is 10.1. The standard InChI is InChI=1S/C14H10BrN3O2/c1-7-5-8(15)6-17-12(7)18-13(19)9-3-2-4-10(16)11(9)14(18)20/h2-6H,16H2,1H3. The number of anilines is 2. The Morgan fingerprint density at radius 1 is 1.25 bits per heavy atom. The Kier molecular flexibility index (Phi) is 2.83. The number of pyridine rings is 1. The van der Waals surface area contributed by atoms with Gasteiger partial charge in [-0.1, -0.05) is 6.07 Å². The van der Waals surface area contributed by atoms with E-state index in [0.29, 0.717) is 17.1 Å². The van der Waals surface area contributed by atoms with Crippen LogP contribution in [-0.4, -0.2) is 16.8 Å². The van der Waals surface area contributed by atoms with Gasteiger partial charge in [0.05, 0.1) is 11.1 Å². The van der Waals surface area contributed by atoms with Gasteiger partial charge in [0.1, 0.15) is 5.82 Å². The summed E-state index contributed by atoms with van der Waals surface area (Å²) in [7, 11) is 0. The number of carbonyl (C=O) groups is 2. The van der Waals surface area contributed by atoms with E-state index in [2.05, 4.69) is 20.9 Å². The fourth-order valence-electron chi connectivity index (χ4n) is 2.27. The molecule has 0 bridgehead atoms. The maximum Gasteiger partial charge on any atom is 0.269 e. The summed E-state index contributed by atoms with van der Waals surface area (Å²) in [6, 6.07) is 6.66. The summed E-state index contributed by atoms with van der Waals surface area (Å²) in [6.45, 7) is 1.79. The second-order valence-corrected chi connectivity index (χ2v) is 5.43. The Bertz CT molecular complexity index is 758. The van der Waals surface area contributed by atoms with Crippen LogP contribution in [0, 0.1) is 6.92 Å². The number of benzene rings is 1. The van der Waals surface area contributed by atoms with Gasteiger partial charge in [-0.25, -0.2) is 9.88 Å². The zero-order valence-corrected chi connectivity index (χ0v) is 12.1. The predicted octanol–water partition coefficient (Wildman–Crippen LogP) is 2.54. The first-order chi connectivity index (χ1) is 9.50. The largest absolute Gasteiger partial charge is 0.398 e. The molecule has 5 nitrogen and oxygen atoms in total. The van der Waals surface area contributed by atoms with E-state index in [1.807, 2.05) is 0 Å². The molecule has 2 amide bonds. The number of fused-ring (bicyclic) bond motifs is 1. The van der Waals surface area contributed by atoms with Crippen LogP contribution in [0.25, 0.3) is 0 Å². The zero-order chi connectivity index (χ0) is 14.4. The van der Waals surface area contributed by atoms with Crippen LogP contribution in [0.3, 0.4) is 0 Å². The van der Waals surface area contributed by atoms with E-state index in [9.17, 15) is 9.59 Å². The smallest absolute Gasteiger partial charge is 0.269 e. The van der Waals surface area contributed by atoms with Crippen molar-refractivity contribution < 1.29 is 9.59 Å². The number of nitrogens with zero attached hydrogens (tertiary/aromatic N) is 2. The molecule has 2 aromatic rings. The summed E-state index contributed by atoms with van der Waals surface area (Å²) in [5.41, 5.74) is 7.40. The summed E-state index contributed by atoms with van der Waals surface area (Å²) in [4.78, 5) is 30.1. The van der Waals surface area contributed by atoms with Crippen molar-refractivity contribution in [2.75, 3.05) is 10.6 Å². The topological polar surface area (TPSA) is 76.3 Å². The molecule has 0 saturated heterocycles. The summed E-state index contributed by atoms with van der Waals surface area (Å²) in [6.07, 6.45) is 1.55. The lowest BCUT2D eigenvalue weighted by Gasteiger charge is -2.15. The molecule has 1 aliphatic rings. The van der Waals surface area contributed by atoms with Crippen LogP contribution < -0.4 is 10.6 Å². The van der Waals surface area contributed by atoms with Gasteiger partial charge in [0.2, 0.25) is 0 Å². The molecule has 0 saturated carbocycles. The molecule has 0 radical (unpaired) electrons. The van der Waals surface area contributed by atoms with Gasteiger partial charge >= 0.3 is 0 Å². The van der Waals surface area contributed by atoms with Crippen LogP contribution in [-0.2, 0) is 0 Å². The van der Waals surface area contributed by atoms with Crippen molar-refractivity contribution in [3.05, 3.63) is 51.6 Å². The predicted molar refractivity (Wildman–Crippen MR) is 78.7 cm³/mol. The number of hydrogen-bond donors (Lipinski definition) is 1. The number of rotatable bonds is 1. The number of nitrogen functional groups attached to an aromatic ring is 1. The Morgan fingerprint density at radius 3 is 2.65 bits per heavy atom. The second-order valence-electron chi connectivity index (χ2n) is 4.51. The van der Waals surface area contributed by atoms with Crippen molar-refractivity contribution in [2.24, 2.45) is 0 Å². The third-order valence-electron chi connectivity index (χ3n) is 3.18. The van der Waals surface area contributed by atoms with Crippen molar-refractivity contribution in [1.29, 1.82) is 0 Å². The first kappa shape index (κ1) is 12.8. The fraction of sp³-hybridized carbons (Fsp3) is 0.0714. The highest BCUT2D eigenvalue weighted by Gasteiger charge is 2.39. The lowest BCUT2D eigenvalue weighted by Crippen LogP contribution is -2.31. The molecule has 1 aromatic heterocycles. The lowest BCUT2D eigenvalue weighted by molar-refractivity contribution is 0.0925. The van der Waals surface area contributed by atoms with Gasteiger partial charge < -0.3 is 5.73 Å². The number of aryl methyl sites for hydroxylation is 1. The number of halogens is 1. The molecular weight excluding hydrogens is 322 g/mol. The molecule has 1 aliphatic heterocycles. The molecule has 2 N–H and O–H groups in total. The van der Waals surface area contributed by atoms with E-state index in [1.54, 1.807) is 37.4 Å². The highest BCUT2D eigenvalue weighted by Crippen LogP contribution is 2.32. The summed E-state index contributed by atoms with van der Waals surface area (Å²) < 4.78 is 0.787. The van der Waals surface area contributed by atoms with Crippen molar-refractivity contribution in [1.82, 2.24) is 4.98 Å². The van der Waals surface area contributed by atoms with E-state index < -0.39 is 11.8 Å². The van der Waals surface area contributed by atoms with Gasteiger partial charge in [-0.3, -0.25) is 9.59 Å². The molecule has 0 unspecified atom stereocenters. The average Bonchev–Trinajstić information content (AvgIpc) is 2.64. The van der Waals surface area contributed by atoms with Crippen LogP contribution in [0.15, 0.2) is 34.9 Å². The van der Waals surface area contributed by atoms with E-state index in [-0.39, 0.29) is 5.56 Å². The molecule has 20 heavy (non-hydrogen) atoms. The van der Waals surface area contributed by atoms with Gasteiger partial charge in [0.15, 0.2) is 0 Å². The number of imide groups is 1. The minimum absolute atomic E-state index is 0.251. The Morgan fingerprint density at radius 2 is 2.00 bits per heavy atom. The van der Waals surface area contributed by atoms with E-state index in [0.717, 1.165) is 14.9 Å². The monoisotopic (exact) mass is 331 g/mol. The van der Waals surface area contributed by atoms with Crippen LogP contribution in [0.4, 0.5) is 11.5 Å². The second kappa shape index (κ2) is 4.42. The van der Waals surface area contributed by atoms with Gasteiger partial charge in [-0.2, -0.15) is 0 Å². The summed E-state index contributed by atoms with van der Waals surface area (Å²) >= 11 is 3.30. The van der Waals surface area contributed by atoms with Crippen molar-refractivity contribution in [2.45, 2.75) is 6.92 Å². The number of nitrogens with two attached hydrogens (primary N) is 1. The molecular formula is C14H10BrN3O2. The minimum Gasteiger partial charge on any atom is -0.398 e. The summed E-state index contributed by atoms with van der Waals surface area (Å²) in [5, 5.41) is 0. The third-order valence-corrected chi connectivity index (χ3v) is 3.61. The fourth-order valence-corrected chi connectivity index (χ4v) is 2.72. The molecule has 100 valence electrons. The maximum atomic E-state index is 12.4. The number of carbonyl (C=O) groups excluding carboxylic acids is 2. The highest BCUT2D eigenvalue weighted by molar-refractivity contribution is 9.10. The first-order valence-electron chi connectivity index (χ1n) is 5.90. The van der Waals surface area contributed by atoms with Crippen molar-refractivity contribution >= 4 is 39.2 Å². The molecule has 3 rings (SSSR count). The molecule has 0 fully saturated rings. The first-order valence-corrected chi connectivity index (χ1v) is 6.69. The summed E-state index contributed by atoms with van der Waals surface area (Å²) in [5.74, 6) is -0.491. The van der Waals surface area contributed by atoms with Crippen LogP contribution in [0.2, 0.25) is 0 Å². The molecule has 0 aliphatic carbocycles. The molecule has 1 aromatic carbocycles. The van der Waals surface area contributed by atoms with E-state index in [1.165, 1.54) is 0 Å². The number of hydrogen-bond acceptors (Lipinski definition) is 4. The van der Waals surface area contributed by atoms with Gasteiger partial charge in [0.25, 0.3) is 11.8 Å². The quantitative estimate of drug-likeness (QED) is 0.643. The molecule has 2 heterocycles. The van der Waals surface area contributed by atoms with Crippen molar-refractivity contribution in [3.8, 4) is 0 Å². The average molecular weight is 332 g/mol. The molecule has 6 heteroatoms. The Balaban J connectivity index is 2.17. The molecule has 0 spiro atoms. The molecule has 0 atom stereocenters. The maximum absolute atomic E-state index is 12.4.